The Morgan fingerprint density at radius 3 is 2.31 bits per heavy atom. The lowest BCUT2D eigenvalue weighted by Crippen LogP contribution is -2.30. The molecular weight excluding hydrogens is 208 g/mol. The number of carbonyl (C=O) groups is 2. The third kappa shape index (κ3) is 1.61. The van der Waals surface area contributed by atoms with Crippen LogP contribution in [0.1, 0.15) is 20.7 Å². The molecule has 2 amide bonds. The van der Waals surface area contributed by atoms with E-state index in [1.807, 2.05) is 0 Å². The average molecular weight is 218 g/mol. The van der Waals surface area contributed by atoms with Gasteiger partial charge in [-0.15, -0.1) is 5.06 Å². The summed E-state index contributed by atoms with van der Waals surface area (Å²) in [5, 5.41) is 0.770. The van der Waals surface area contributed by atoms with Crippen LogP contribution in [0.4, 0.5) is 0 Å². The van der Waals surface area contributed by atoms with Gasteiger partial charge < -0.3 is 0 Å². The first kappa shape index (κ1) is 10.5. The van der Waals surface area contributed by atoms with Crippen molar-refractivity contribution in [3.05, 3.63) is 35.4 Å². The van der Waals surface area contributed by atoms with Crippen molar-refractivity contribution in [2.24, 2.45) is 4.99 Å². The van der Waals surface area contributed by atoms with Gasteiger partial charge in [0.25, 0.3) is 11.8 Å². The minimum absolute atomic E-state index is 0.0992. The van der Waals surface area contributed by atoms with Gasteiger partial charge >= 0.3 is 0 Å². The van der Waals surface area contributed by atoms with E-state index in [0.29, 0.717) is 11.1 Å². The van der Waals surface area contributed by atoms with Gasteiger partial charge in [-0.2, -0.15) is 0 Å². The fourth-order valence-corrected chi connectivity index (χ4v) is 1.47. The van der Waals surface area contributed by atoms with Crippen molar-refractivity contribution >= 4 is 18.0 Å². The quantitative estimate of drug-likeness (QED) is 0.559. The molecule has 0 N–H and O–H groups in total. The third-order valence-corrected chi connectivity index (χ3v) is 2.22. The van der Waals surface area contributed by atoms with E-state index in [9.17, 15) is 9.59 Å². The first-order valence-electron chi connectivity index (χ1n) is 4.77. The number of amides is 2. The third-order valence-electron chi connectivity index (χ3n) is 2.22. The van der Waals surface area contributed by atoms with E-state index < -0.39 is 11.8 Å². The van der Waals surface area contributed by atoms with Crippen molar-refractivity contribution in [3.8, 4) is 0 Å². The predicted molar refractivity (Wildman–Crippen MR) is 57.3 cm³/mol. The van der Waals surface area contributed by atoms with E-state index in [1.165, 1.54) is 6.21 Å². The van der Waals surface area contributed by atoms with Gasteiger partial charge in [0.1, 0.15) is 6.61 Å². The highest BCUT2D eigenvalue weighted by Crippen LogP contribution is 2.22. The number of hydrogen-bond donors (Lipinski definition) is 0. The lowest BCUT2D eigenvalue weighted by molar-refractivity contribution is -0.0751. The number of hydroxylamine groups is 2. The molecule has 1 aliphatic heterocycles. The Balaban J connectivity index is 2.21. The molecule has 0 atom stereocenters. The van der Waals surface area contributed by atoms with Crippen molar-refractivity contribution in [2.75, 3.05) is 13.7 Å². The first-order valence-corrected chi connectivity index (χ1v) is 4.77. The summed E-state index contributed by atoms with van der Waals surface area (Å²) in [6, 6.07) is 6.63. The molecule has 82 valence electrons. The fraction of sp³-hybridized carbons (Fsp3) is 0.182. The van der Waals surface area contributed by atoms with Crippen LogP contribution in [0.2, 0.25) is 0 Å². The molecule has 0 saturated carbocycles. The predicted octanol–water partition coefficient (Wildman–Crippen LogP) is 0.915. The number of carbonyl (C=O) groups excluding carboxylic acids is 2. The Bertz CT molecular complexity index is 433. The van der Waals surface area contributed by atoms with Crippen LogP contribution in [0.5, 0.6) is 0 Å². The summed E-state index contributed by atoms with van der Waals surface area (Å²) < 4.78 is 0. The Morgan fingerprint density at radius 1 is 1.25 bits per heavy atom. The molecule has 0 bridgehead atoms. The van der Waals surface area contributed by atoms with Crippen LogP contribution in [0.15, 0.2) is 29.3 Å². The second kappa shape index (κ2) is 4.24. The van der Waals surface area contributed by atoms with Gasteiger partial charge in [-0.3, -0.25) is 19.4 Å². The summed E-state index contributed by atoms with van der Waals surface area (Å²) in [6.07, 6.45) is 1.48. The number of fused-ring (bicyclic) bond motifs is 1. The topological polar surface area (TPSA) is 59.0 Å². The molecular formula is C11H10N2O3. The Hall–Kier alpha value is -2.01. The SMILES string of the molecule is C/N=C/CON1C(=O)c2ccccc2C1=O. The zero-order chi connectivity index (χ0) is 11.5. The Kier molecular flexibility index (Phi) is 2.78. The lowest BCUT2D eigenvalue weighted by Gasteiger charge is -2.10. The van der Waals surface area contributed by atoms with Crippen LogP contribution >= 0.6 is 0 Å². The number of rotatable bonds is 3. The Labute approximate surface area is 92.3 Å². The van der Waals surface area contributed by atoms with E-state index in [2.05, 4.69) is 4.99 Å². The van der Waals surface area contributed by atoms with E-state index in [-0.39, 0.29) is 6.61 Å². The highest BCUT2D eigenvalue weighted by Gasteiger charge is 2.36. The summed E-state index contributed by atoms with van der Waals surface area (Å²) in [6.45, 7) is 0.0992. The van der Waals surface area contributed by atoms with Gasteiger partial charge in [0, 0.05) is 13.3 Å². The average Bonchev–Trinajstić information content (AvgIpc) is 2.55. The molecule has 0 aliphatic carbocycles. The molecule has 1 aromatic carbocycles. The van der Waals surface area contributed by atoms with Gasteiger partial charge in [0.05, 0.1) is 11.1 Å². The number of nitrogens with zero attached hydrogens (tertiary/aromatic N) is 2. The molecule has 0 unspecified atom stereocenters. The summed E-state index contributed by atoms with van der Waals surface area (Å²) in [5.41, 5.74) is 0.752. The number of benzene rings is 1. The summed E-state index contributed by atoms with van der Waals surface area (Å²) in [7, 11) is 1.59. The van der Waals surface area contributed by atoms with Gasteiger partial charge in [-0.05, 0) is 12.1 Å². The Morgan fingerprint density at radius 2 is 1.81 bits per heavy atom. The maximum Gasteiger partial charge on any atom is 0.285 e. The standard InChI is InChI=1S/C11H10N2O3/c1-12-6-7-16-13-10(14)8-4-2-3-5-9(8)11(13)15/h2-6H,7H2,1H3/b12-6+. The normalized spacial score (nSPS) is 14.9. The summed E-state index contributed by atoms with van der Waals surface area (Å²) >= 11 is 0. The summed E-state index contributed by atoms with van der Waals surface area (Å²) in [5.74, 6) is -0.852. The van der Waals surface area contributed by atoms with Gasteiger partial charge in [-0.1, -0.05) is 12.1 Å². The largest absolute Gasteiger partial charge is 0.298 e. The molecule has 0 radical (unpaired) electrons. The van der Waals surface area contributed by atoms with Crippen LogP contribution in [-0.2, 0) is 4.84 Å². The maximum atomic E-state index is 11.7. The maximum absolute atomic E-state index is 11.7. The number of imide groups is 1. The van der Waals surface area contributed by atoms with Gasteiger partial charge in [0.2, 0.25) is 0 Å². The highest BCUT2D eigenvalue weighted by molar-refractivity contribution is 6.20. The van der Waals surface area contributed by atoms with Crippen molar-refractivity contribution in [3.63, 3.8) is 0 Å². The molecule has 5 nitrogen and oxygen atoms in total. The van der Waals surface area contributed by atoms with E-state index in [4.69, 9.17) is 4.84 Å². The van der Waals surface area contributed by atoms with E-state index in [1.54, 1.807) is 31.3 Å². The van der Waals surface area contributed by atoms with Crippen LogP contribution in [0.25, 0.3) is 0 Å². The van der Waals surface area contributed by atoms with Crippen LogP contribution in [0, 0.1) is 0 Å². The van der Waals surface area contributed by atoms with Crippen molar-refractivity contribution < 1.29 is 14.4 Å². The lowest BCUT2D eigenvalue weighted by atomic mass is 10.1. The van der Waals surface area contributed by atoms with Crippen molar-refractivity contribution in [1.29, 1.82) is 0 Å². The second-order valence-electron chi connectivity index (χ2n) is 3.19. The molecule has 0 aromatic heterocycles. The minimum atomic E-state index is -0.426. The van der Waals surface area contributed by atoms with Gasteiger partial charge in [-0.25, -0.2) is 0 Å². The molecule has 1 aromatic rings. The van der Waals surface area contributed by atoms with Crippen LogP contribution in [-0.4, -0.2) is 36.7 Å². The van der Waals surface area contributed by atoms with Crippen molar-refractivity contribution in [2.45, 2.75) is 0 Å². The van der Waals surface area contributed by atoms with E-state index >= 15 is 0 Å². The fourth-order valence-electron chi connectivity index (χ4n) is 1.47. The molecule has 2 rings (SSSR count). The molecule has 0 spiro atoms. The number of hydrogen-bond acceptors (Lipinski definition) is 4. The summed E-state index contributed by atoms with van der Waals surface area (Å²) in [4.78, 5) is 32.2. The van der Waals surface area contributed by atoms with Gasteiger partial charge in [0.15, 0.2) is 0 Å². The van der Waals surface area contributed by atoms with E-state index in [0.717, 1.165) is 5.06 Å². The monoisotopic (exact) mass is 218 g/mol. The first-order chi connectivity index (χ1) is 7.75. The molecule has 1 heterocycles. The molecule has 16 heavy (non-hydrogen) atoms. The van der Waals surface area contributed by atoms with Crippen LogP contribution < -0.4 is 0 Å². The van der Waals surface area contributed by atoms with Crippen molar-refractivity contribution in [1.82, 2.24) is 5.06 Å². The smallest absolute Gasteiger partial charge is 0.285 e. The molecule has 0 saturated heterocycles. The zero-order valence-corrected chi connectivity index (χ0v) is 8.71. The molecule has 1 aliphatic rings. The molecule has 5 heteroatoms. The minimum Gasteiger partial charge on any atom is -0.298 e. The highest BCUT2D eigenvalue weighted by atomic mass is 16.7. The molecule has 0 fully saturated rings. The zero-order valence-electron chi connectivity index (χ0n) is 8.71. The second-order valence-corrected chi connectivity index (χ2v) is 3.19. The van der Waals surface area contributed by atoms with Crippen LogP contribution in [0.3, 0.4) is 0 Å². The number of aliphatic imine (C=N–C) groups is 1.